The molecule has 0 aliphatic carbocycles. The van der Waals surface area contributed by atoms with Crippen molar-refractivity contribution in [3.8, 4) is 0 Å². The fraction of sp³-hybridized carbons (Fsp3) is 0.450. The van der Waals surface area contributed by atoms with Crippen molar-refractivity contribution < 1.29 is 9.53 Å². The molecular weight excluding hydrogens is 286 g/mol. The van der Waals surface area contributed by atoms with E-state index in [0.717, 1.165) is 36.2 Å². The Kier molecular flexibility index (Phi) is 5.78. The third kappa shape index (κ3) is 3.73. The predicted octanol–water partition coefficient (Wildman–Crippen LogP) is 3.80. The van der Waals surface area contributed by atoms with Gasteiger partial charge in [0.25, 0.3) is 0 Å². The molecule has 1 saturated heterocycles. The van der Waals surface area contributed by atoms with Crippen molar-refractivity contribution in [1.29, 1.82) is 0 Å². The highest BCUT2D eigenvalue weighted by atomic mass is 16.5. The van der Waals surface area contributed by atoms with E-state index < -0.39 is 5.41 Å². The number of ether oxygens (including phenoxy) is 1. The van der Waals surface area contributed by atoms with Crippen LogP contribution in [0.4, 0.5) is 0 Å². The van der Waals surface area contributed by atoms with Crippen molar-refractivity contribution in [2.45, 2.75) is 32.6 Å². The fourth-order valence-corrected chi connectivity index (χ4v) is 3.17. The van der Waals surface area contributed by atoms with Crippen LogP contribution in [0.25, 0.3) is 5.57 Å². The minimum atomic E-state index is -0.566. The Bertz CT molecular complexity index is 605. The van der Waals surface area contributed by atoms with Crippen molar-refractivity contribution in [3.05, 3.63) is 54.1 Å². The van der Waals surface area contributed by atoms with Gasteiger partial charge in [-0.05, 0) is 44.9 Å². The normalized spacial score (nSPS) is 21.7. The molecule has 0 radical (unpaired) electrons. The maximum absolute atomic E-state index is 12.8. The summed E-state index contributed by atoms with van der Waals surface area (Å²) in [6.07, 6.45) is 4.97. The van der Waals surface area contributed by atoms with E-state index in [2.05, 4.69) is 23.6 Å². The second kappa shape index (κ2) is 7.60. The molecule has 0 aromatic heterocycles. The highest BCUT2D eigenvalue weighted by Gasteiger charge is 2.47. The third-order valence-electron chi connectivity index (χ3n) is 4.52. The van der Waals surface area contributed by atoms with E-state index >= 15 is 0 Å². The highest BCUT2D eigenvalue weighted by Crippen LogP contribution is 2.37. The van der Waals surface area contributed by atoms with Gasteiger partial charge in [0.15, 0.2) is 0 Å². The van der Waals surface area contributed by atoms with Crippen molar-refractivity contribution in [2.24, 2.45) is 0 Å². The number of carbonyl (C=O) groups is 1. The first kappa shape index (κ1) is 17.5. The van der Waals surface area contributed by atoms with Crippen LogP contribution < -0.4 is 0 Å². The first-order valence-electron chi connectivity index (χ1n) is 8.30. The number of likely N-dealkylation sites (tertiary alicyclic amines) is 1. The van der Waals surface area contributed by atoms with Crippen LogP contribution in [0.15, 0.2) is 43.0 Å². The van der Waals surface area contributed by atoms with E-state index in [1.807, 2.05) is 45.0 Å². The van der Waals surface area contributed by atoms with E-state index in [-0.39, 0.29) is 5.97 Å². The average molecular weight is 313 g/mol. The summed E-state index contributed by atoms with van der Waals surface area (Å²) in [6.45, 7) is 12.8. The van der Waals surface area contributed by atoms with Crippen molar-refractivity contribution in [2.75, 3.05) is 26.2 Å². The van der Waals surface area contributed by atoms with Crippen LogP contribution in [0, 0.1) is 0 Å². The lowest BCUT2D eigenvalue weighted by atomic mass is 9.78. The lowest BCUT2D eigenvalue weighted by Crippen LogP contribution is -2.40. The Hall–Kier alpha value is -1.87. The Morgan fingerprint density at radius 3 is 2.91 bits per heavy atom. The molecule has 0 bridgehead atoms. The standard InChI is InChI=1S/C20H27NO2/c1-5-7-12-21-13-11-20(15-21,19(22)23-6-2)18-10-8-9-17(14-18)16(3)4/h5,7-10,14H,3,6,11-13,15H2,1-2,4H3/b7-5+. The van der Waals surface area contributed by atoms with Gasteiger partial charge >= 0.3 is 5.97 Å². The van der Waals surface area contributed by atoms with Crippen LogP contribution >= 0.6 is 0 Å². The molecule has 1 aromatic rings. The predicted molar refractivity (Wildman–Crippen MR) is 95.3 cm³/mol. The van der Waals surface area contributed by atoms with Gasteiger partial charge in [-0.25, -0.2) is 0 Å². The van der Waals surface area contributed by atoms with Gasteiger partial charge in [0.05, 0.1) is 6.61 Å². The monoisotopic (exact) mass is 313 g/mol. The Morgan fingerprint density at radius 2 is 2.26 bits per heavy atom. The topological polar surface area (TPSA) is 29.5 Å². The van der Waals surface area contributed by atoms with E-state index in [1.165, 1.54) is 0 Å². The van der Waals surface area contributed by atoms with Gasteiger partial charge in [-0.1, -0.05) is 48.6 Å². The van der Waals surface area contributed by atoms with E-state index in [1.54, 1.807) is 0 Å². The number of benzene rings is 1. The lowest BCUT2D eigenvalue weighted by molar-refractivity contribution is -0.149. The molecule has 3 heteroatoms. The number of hydrogen-bond acceptors (Lipinski definition) is 3. The molecule has 1 aromatic carbocycles. The number of rotatable bonds is 6. The van der Waals surface area contributed by atoms with Crippen molar-refractivity contribution in [3.63, 3.8) is 0 Å². The fourth-order valence-electron chi connectivity index (χ4n) is 3.17. The van der Waals surface area contributed by atoms with Gasteiger partial charge in [0, 0.05) is 13.1 Å². The average Bonchev–Trinajstić information content (AvgIpc) is 2.99. The van der Waals surface area contributed by atoms with Crippen LogP contribution in [0.2, 0.25) is 0 Å². The number of esters is 1. The zero-order valence-electron chi connectivity index (χ0n) is 14.5. The van der Waals surface area contributed by atoms with Crippen molar-refractivity contribution >= 4 is 11.5 Å². The Balaban J connectivity index is 2.37. The third-order valence-corrected chi connectivity index (χ3v) is 4.52. The number of carbonyl (C=O) groups excluding carboxylic acids is 1. The molecule has 1 fully saturated rings. The zero-order valence-corrected chi connectivity index (χ0v) is 14.5. The van der Waals surface area contributed by atoms with Crippen LogP contribution in [-0.4, -0.2) is 37.1 Å². The summed E-state index contributed by atoms with van der Waals surface area (Å²) < 4.78 is 5.43. The van der Waals surface area contributed by atoms with Crippen molar-refractivity contribution in [1.82, 2.24) is 4.90 Å². The van der Waals surface area contributed by atoms with Gasteiger partial charge in [0.1, 0.15) is 5.41 Å². The first-order chi connectivity index (χ1) is 11.0. The van der Waals surface area contributed by atoms with Gasteiger partial charge < -0.3 is 4.74 Å². The van der Waals surface area contributed by atoms with Crippen LogP contribution in [-0.2, 0) is 14.9 Å². The van der Waals surface area contributed by atoms with Gasteiger partial charge in [-0.15, -0.1) is 0 Å². The molecule has 1 unspecified atom stereocenters. The summed E-state index contributed by atoms with van der Waals surface area (Å²) in [5.41, 5.74) is 2.57. The molecule has 1 atom stereocenters. The molecule has 0 saturated carbocycles. The molecule has 1 aliphatic rings. The molecule has 124 valence electrons. The number of allylic oxidation sites excluding steroid dienone is 2. The SMILES string of the molecule is C=C(C)c1cccc(C2(C(=O)OCC)CCN(C/C=C/C)C2)c1. The van der Waals surface area contributed by atoms with Crippen LogP contribution in [0.3, 0.4) is 0 Å². The Labute approximate surface area is 139 Å². The van der Waals surface area contributed by atoms with Gasteiger partial charge in [0.2, 0.25) is 0 Å². The second-order valence-corrected chi connectivity index (χ2v) is 6.22. The van der Waals surface area contributed by atoms with E-state index in [0.29, 0.717) is 13.2 Å². The molecule has 0 amide bonds. The summed E-state index contributed by atoms with van der Waals surface area (Å²) in [7, 11) is 0. The van der Waals surface area contributed by atoms with Crippen LogP contribution in [0.5, 0.6) is 0 Å². The minimum absolute atomic E-state index is 0.109. The molecule has 23 heavy (non-hydrogen) atoms. The zero-order chi connectivity index (χ0) is 16.9. The summed E-state index contributed by atoms with van der Waals surface area (Å²) >= 11 is 0. The highest BCUT2D eigenvalue weighted by molar-refractivity contribution is 5.84. The molecule has 1 aliphatic heterocycles. The van der Waals surface area contributed by atoms with Gasteiger partial charge in [-0.2, -0.15) is 0 Å². The van der Waals surface area contributed by atoms with Gasteiger partial charge in [-0.3, -0.25) is 9.69 Å². The Morgan fingerprint density at radius 1 is 1.48 bits per heavy atom. The molecule has 1 heterocycles. The molecule has 2 rings (SSSR count). The molecule has 0 spiro atoms. The number of hydrogen-bond donors (Lipinski definition) is 0. The smallest absolute Gasteiger partial charge is 0.317 e. The van der Waals surface area contributed by atoms with E-state index in [9.17, 15) is 4.79 Å². The molecule has 0 N–H and O–H groups in total. The largest absolute Gasteiger partial charge is 0.465 e. The maximum Gasteiger partial charge on any atom is 0.317 e. The molecular formula is C20H27NO2. The van der Waals surface area contributed by atoms with Crippen LogP contribution in [0.1, 0.15) is 38.3 Å². The number of nitrogens with zero attached hydrogens (tertiary/aromatic N) is 1. The summed E-state index contributed by atoms with van der Waals surface area (Å²) in [4.78, 5) is 15.1. The first-order valence-corrected chi connectivity index (χ1v) is 8.30. The van der Waals surface area contributed by atoms with E-state index in [4.69, 9.17) is 4.74 Å². The summed E-state index contributed by atoms with van der Waals surface area (Å²) in [5, 5.41) is 0. The quantitative estimate of drug-likeness (QED) is 0.591. The summed E-state index contributed by atoms with van der Waals surface area (Å²) in [5.74, 6) is -0.109. The second-order valence-electron chi connectivity index (χ2n) is 6.22. The maximum atomic E-state index is 12.8. The summed E-state index contributed by atoms with van der Waals surface area (Å²) in [6, 6.07) is 8.19. The lowest BCUT2D eigenvalue weighted by Gasteiger charge is -2.28. The minimum Gasteiger partial charge on any atom is -0.465 e. The molecule has 3 nitrogen and oxygen atoms in total.